The molecule has 3 fully saturated rings. The number of hydrogen-bond acceptors (Lipinski definition) is 6. The number of carboxylic acids is 2. The number of aliphatic carboxylic acids is 2. The Hall–Kier alpha value is -2.78. The van der Waals surface area contributed by atoms with Crippen molar-refractivity contribution in [2.75, 3.05) is 6.54 Å². The third-order valence-corrected chi connectivity index (χ3v) is 5.46. The number of nitrogens with zero attached hydrogens (tertiary/aromatic N) is 2. The van der Waals surface area contributed by atoms with Gasteiger partial charge in [0, 0.05) is 37.6 Å². The molecule has 0 radical (unpaired) electrons. The monoisotopic (exact) mass is 352 g/mol. The quantitative estimate of drug-likeness (QED) is 0.588. The summed E-state index contributed by atoms with van der Waals surface area (Å²) in [6.45, 7) is 0.808. The van der Waals surface area contributed by atoms with Crippen LogP contribution in [0.1, 0.15) is 32.6 Å². The zero-order chi connectivity index (χ0) is 18.7. The van der Waals surface area contributed by atoms with Gasteiger partial charge in [0.15, 0.2) is 5.54 Å². The highest BCUT2D eigenvalue weighted by molar-refractivity contribution is 6.11. The average Bonchev–Trinajstić information content (AvgIpc) is 2.69. The highest BCUT2D eigenvalue weighted by Crippen LogP contribution is 2.66. The second-order valence-corrected chi connectivity index (χ2v) is 6.76. The maximum absolute atomic E-state index is 12.1. The third-order valence-electron chi connectivity index (χ3n) is 5.46. The van der Waals surface area contributed by atoms with Crippen LogP contribution < -0.4 is 0 Å². The van der Waals surface area contributed by atoms with Gasteiger partial charge in [-0.3, -0.25) is 33.8 Å². The van der Waals surface area contributed by atoms with Crippen LogP contribution in [0.4, 0.5) is 0 Å². The van der Waals surface area contributed by atoms with Gasteiger partial charge in [0.05, 0.1) is 0 Å². The molecule has 1 aliphatic carbocycles. The predicted molar refractivity (Wildman–Crippen MR) is 76.6 cm³/mol. The molecular weight excluding hydrogens is 336 g/mol. The highest BCUT2D eigenvalue weighted by atomic mass is 16.4. The Labute approximate surface area is 141 Å². The Morgan fingerprint density at radius 1 is 0.960 bits per heavy atom. The van der Waals surface area contributed by atoms with Gasteiger partial charge in [0.2, 0.25) is 23.6 Å². The maximum Gasteiger partial charge on any atom is 0.331 e. The molecule has 3 atom stereocenters. The fourth-order valence-corrected chi connectivity index (χ4v) is 4.27. The topological polar surface area (TPSA) is 149 Å². The van der Waals surface area contributed by atoms with E-state index in [1.807, 2.05) is 0 Å². The van der Waals surface area contributed by atoms with Crippen LogP contribution in [0.25, 0.3) is 0 Å². The van der Waals surface area contributed by atoms with Gasteiger partial charge in [0.1, 0.15) is 5.92 Å². The number of carbonyl (C=O) groups excluding carboxylic acids is 4. The molecule has 0 aromatic heterocycles. The van der Waals surface area contributed by atoms with Crippen molar-refractivity contribution >= 4 is 35.6 Å². The van der Waals surface area contributed by atoms with Crippen LogP contribution in [0.3, 0.4) is 0 Å². The molecule has 10 heteroatoms. The molecule has 0 spiro atoms. The van der Waals surface area contributed by atoms with Crippen LogP contribution in [0.15, 0.2) is 0 Å². The van der Waals surface area contributed by atoms with Crippen molar-refractivity contribution in [3.05, 3.63) is 0 Å². The van der Waals surface area contributed by atoms with Gasteiger partial charge in [-0.25, -0.2) is 4.79 Å². The Morgan fingerprint density at radius 2 is 1.40 bits per heavy atom. The molecule has 10 nitrogen and oxygen atoms in total. The van der Waals surface area contributed by atoms with Crippen molar-refractivity contribution in [2.45, 2.75) is 38.1 Å². The summed E-state index contributed by atoms with van der Waals surface area (Å²) in [7, 11) is 0. The maximum atomic E-state index is 12.1. The molecule has 3 aliphatic rings. The van der Waals surface area contributed by atoms with Crippen molar-refractivity contribution < 1.29 is 39.0 Å². The first-order valence-corrected chi connectivity index (χ1v) is 7.74. The first kappa shape index (κ1) is 17.1. The summed E-state index contributed by atoms with van der Waals surface area (Å²) < 4.78 is 0. The molecule has 2 aliphatic heterocycles. The smallest absolute Gasteiger partial charge is 0.331 e. The predicted octanol–water partition coefficient (Wildman–Crippen LogP) is -1.17. The summed E-state index contributed by atoms with van der Waals surface area (Å²) in [5.74, 6) is -7.32. The van der Waals surface area contributed by atoms with E-state index in [-0.39, 0.29) is 25.7 Å². The Bertz CT molecular complexity index is 714. The second-order valence-electron chi connectivity index (χ2n) is 6.76. The molecule has 2 heterocycles. The van der Waals surface area contributed by atoms with Crippen LogP contribution in [0.2, 0.25) is 0 Å². The van der Waals surface area contributed by atoms with E-state index < -0.39 is 59.0 Å². The van der Waals surface area contributed by atoms with Crippen LogP contribution in [0.5, 0.6) is 0 Å². The fourth-order valence-electron chi connectivity index (χ4n) is 4.27. The van der Waals surface area contributed by atoms with Crippen molar-refractivity contribution in [2.24, 2.45) is 11.3 Å². The first-order valence-electron chi connectivity index (χ1n) is 7.74. The molecule has 3 rings (SSSR count). The lowest BCUT2D eigenvalue weighted by atomic mass is 9.99. The van der Waals surface area contributed by atoms with Crippen LogP contribution in [-0.2, 0) is 28.8 Å². The molecule has 0 aromatic rings. The molecule has 25 heavy (non-hydrogen) atoms. The Balaban J connectivity index is 2.07. The van der Waals surface area contributed by atoms with Crippen LogP contribution in [0, 0.1) is 11.3 Å². The average molecular weight is 352 g/mol. The van der Waals surface area contributed by atoms with E-state index >= 15 is 0 Å². The zero-order valence-electron chi connectivity index (χ0n) is 13.4. The SMILES string of the molecule is CC1(CN2C(=O)CCC2=O)C(C(=O)O)C1(C(=O)O)N1C(=O)CCC1=O. The van der Waals surface area contributed by atoms with Gasteiger partial charge >= 0.3 is 11.9 Å². The number of rotatable bonds is 5. The van der Waals surface area contributed by atoms with Gasteiger partial charge in [-0.05, 0) is 0 Å². The molecule has 4 amide bonds. The van der Waals surface area contributed by atoms with E-state index in [1.54, 1.807) is 0 Å². The number of imide groups is 2. The lowest BCUT2D eigenvalue weighted by Gasteiger charge is -2.28. The number of carboxylic acid groups (broad SMARTS) is 2. The molecule has 1 saturated carbocycles. The summed E-state index contributed by atoms with van der Waals surface area (Å²) >= 11 is 0. The molecule has 134 valence electrons. The van der Waals surface area contributed by atoms with E-state index in [4.69, 9.17) is 0 Å². The number of carbonyl (C=O) groups is 6. The van der Waals surface area contributed by atoms with E-state index in [0.29, 0.717) is 4.90 Å². The highest BCUT2D eigenvalue weighted by Gasteiger charge is 2.87. The minimum absolute atomic E-state index is 0.0334. The summed E-state index contributed by atoms with van der Waals surface area (Å²) in [6.07, 6.45) is -0.460. The third kappa shape index (κ3) is 1.96. The zero-order valence-corrected chi connectivity index (χ0v) is 13.4. The van der Waals surface area contributed by atoms with Crippen molar-refractivity contribution in [1.29, 1.82) is 0 Å². The van der Waals surface area contributed by atoms with Gasteiger partial charge in [-0.2, -0.15) is 0 Å². The van der Waals surface area contributed by atoms with Gasteiger partial charge in [-0.15, -0.1) is 0 Å². The van der Waals surface area contributed by atoms with E-state index in [1.165, 1.54) is 6.92 Å². The first-order chi connectivity index (χ1) is 11.6. The fraction of sp³-hybridized carbons (Fsp3) is 0.600. The Morgan fingerprint density at radius 3 is 1.80 bits per heavy atom. The van der Waals surface area contributed by atoms with Crippen molar-refractivity contribution in [3.63, 3.8) is 0 Å². The number of hydrogen-bond donors (Lipinski definition) is 2. The lowest BCUT2D eigenvalue weighted by Crippen LogP contribution is -2.53. The van der Waals surface area contributed by atoms with E-state index in [0.717, 1.165) is 4.90 Å². The summed E-state index contributed by atoms with van der Waals surface area (Å²) in [5, 5.41) is 19.3. The molecule has 2 N–H and O–H groups in total. The summed E-state index contributed by atoms with van der Waals surface area (Å²) in [4.78, 5) is 73.0. The Kier molecular flexibility index (Phi) is 3.48. The summed E-state index contributed by atoms with van der Waals surface area (Å²) in [6, 6.07) is 0. The van der Waals surface area contributed by atoms with Gasteiger partial charge in [-0.1, -0.05) is 6.92 Å². The molecule has 0 aromatic carbocycles. The standard InChI is InChI=1S/C15H16N2O8/c1-14(6-16-7(18)2-3-8(16)19)11(12(22)23)15(14,13(24)25)17-9(20)4-5-10(17)21/h11H,2-6H2,1H3,(H,22,23)(H,24,25). The number of amides is 4. The van der Waals surface area contributed by atoms with Gasteiger partial charge < -0.3 is 10.2 Å². The molecule has 3 unspecified atom stereocenters. The largest absolute Gasteiger partial charge is 0.481 e. The minimum Gasteiger partial charge on any atom is -0.481 e. The van der Waals surface area contributed by atoms with Crippen molar-refractivity contribution in [3.8, 4) is 0 Å². The van der Waals surface area contributed by atoms with Crippen LogP contribution >= 0.6 is 0 Å². The lowest BCUT2D eigenvalue weighted by molar-refractivity contribution is -0.160. The minimum atomic E-state index is -2.30. The summed E-state index contributed by atoms with van der Waals surface area (Å²) in [5.41, 5.74) is -3.96. The van der Waals surface area contributed by atoms with Crippen molar-refractivity contribution in [1.82, 2.24) is 9.80 Å². The molecule has 0 bridgehead atoms. The molecule has 2 saturated heterocycles. The van der Waals surface area contributed by atoms with E-state index in [2.05, 4.69) is 0 Å². The number of likely N-dealkylation sites (tertiary alicyclic amines) is 2. The van der Waals surface area contributed by atoms with E-state index in [9.17, 15) is 39.0 Å². The molecular formula is C15H16N2O8. The van der Waals surface area contributed by atoms with Crippen LogP contribution in [-0.4, -0.2) is 67.7 Å². The second kappa shape index (κ2) is 5.11. The van der Waals surface area contributed by atoms with Gasteiger partial charge in [0.25, 0.3) is 0 Å². The normalized spacial score (nSPS) is 34.8.